The molecule has 0 N–H and O–H groups in total. The van der Waals surface area contributed by atoms with E-state index in [4.69, 9.17) is 9.47 Å². The largest absolute Gasteiger partial charge is 0.419 e. The second kappa shape index (κ2) is 7.76. The smallest absolute Gasteiger partial charge is 0.343 e. The summed E-state index contributed by atoms with van der Waals surface area (Å²) in [6, 6.07) is 28.3. The van der Waals surface area contributed by atoms with Crippen molar-refractivity contribution >= 4 is 22.7 Å². The number of esters is 2. The maximum absolute atomic E-state index is 12.5. The van der Waals surface area contributed by atoms with Gasteiger partial charge in [-0.2, -0.15) is 0 Å². The van der Waals surface area contributed by atoms with Gasteiger partial charge in [0.25, 0.3) is 0 Å². The third-order valence-corrected chi connectivity index (χ3v) is 4.24. The number of hydrogen-bond acceptors (Lipinski definition) is 4. The summed E-state index contributed by atoms with van der Waals surface area (Å²) < 4.78 is 11.1. The summed E-state index contributed by atoms with van der Waals surface area (Å²) in [5.74, 6) is -0.658. The fourth-order valence-electron chi connectivity index (χ4n) is 2.82. The van der Waals surface area contributed by atoms with E-state index in [1.165, 1.54) is 0 Å². The quantitative estimate of drug-likeness (QED) is 0.363. The minimum absolute atomic E-state index is 0.192. The topological polar surface area (TPSA) is 52.6 Å². The van der Waals surface area contributed by atoms with Gasteiger partial charge in [-0.05, 0) is 47.2 Å². The van der Waals surface area contributed by atoms with Crippen molar-refractivity contribution in [1.82, 2.24) is 0 Å². The van der Waals surface area contributed by atoms with Gasteiger partial charge in [0.05, 0.1) is 11.1 Å². The van der Waals surface area contributed by atoms with Crippen LogP contribution in [-0.2, 0) is 0 Å². The predicted octanol–water partition coefficient (Wildman–Crippen LogP) is 5.28. The second-order valence-corrected chi connectivity index (χ2v) is 6.16. The van der Waals surface area contributed by atoms with Crippen molar-refractivity contribution in [2.75, 3.05) is 0 Å². The molecule has 0 atom stereocenters. The Hall–Kier alpha value is -3.92. The molecule has 0 aliphatic rings. The summed E-state index contributed by atoms with van der Waals surface area (Å²) in [7, 11) is 0. The molecule has 0 spiro atoms. The third-order valence-electron chi connectivity index (χ3n) is 4.24. The molecule has 0 saturated heterocycles. The van der Waals surface area contributed by atoms with Crippen molar-refractivity contribution in [2.45, 2.75) is 0 Å². The predicted molar refractivity (Wildman–Crippen MR) is 107 cm³/mol. The summed E-state index contributed by atoms with van der Waals surface area (Å²) in [5, 5.41) is 1.75. The molecule has 0 unspecified atom stereocenters. The molecule has 0 bridgehead atoms. The molecule has 0 fully saturated rings. The lowest BCUT2D eigenvalue weighted by atomic mass is 10.1. The van der Waals surface area contributed by atoms with E-state index >= 15 is 0 Å². The molecule has 4 heteroatoms. The lowest BCUT2D eigenvalue weighted by Crippen LogP contribution is -2.12. The first-order chi connectivity index (χ1) is 13.7. The lowest BCUT2D eigenvalue weighted by Gasteiger charge is -2.12. The van der Waals surface area contributed by atoms with Gasteiger partial charge in [-0.15, -0.1) is 0 Å². The van der Waals surface area contributed by atoms with Crippen LogP contribution in [0.4, 0.5) is 0 Å². The van der Waals surface area contributed by atoms with Gasteiger partial charge in [0.15, 0.2) is 11.5 Å². The van der Waals surface area contributed by atoms with Crippen LogP contribution in [0.25, 0.3) is 10.8 Å². The van der Waals surface area contributed by atoms with Crippen molar-refractivity contribution in [3.8, 4) is 11.5 Å². The fraction of sp³-hybridized carbons (Fsp3) is 0. The lowest BCUT2D eigenvalue weighted by molar-refractivity contribution is 0.0683. The van der Waals surface area contributed by atoms with Gasteiger partial charge in [-0.25, -0.2) is 9.59 Å². The normalized spacial score (nSPS) is 10.4. The number of carbonyl (C=O) groups is 2. The average Bonchev–Trinajstić information content (AvgIpc) is 2.75. The Morgan fingerprint density at radius 3 is 1.25 bits per heavy atom. The molecule has 4 aromatic carbocycles. The van der Waals surface area contributed by atoms with Crippen LogP contribution in [-0.4, -0.2) is 11.9 Å². The van der Waals surface area contributed by atoms with Gasteiger partial charge in [-0.3, -0.25) is 0 Å². The molecule has 0 heterocycles. The van der Waals surface area contributed by atoms with E-state index < -0.39 is 11.9 Å². The molecule has 4 nitrogen and oxygen atoms in total. The zero-order valence-corrected chi connectivity index (χ0v) is 14.9. The standard InChI is InChI=1S/C24H16O4/c25-23(17-9-3-1-4-10-17)27-21-15-19-13-7-8-14-20(19)16-22(21)28-24(26)18-11-5-2-6-12-18/h1-16H. The third kappa shape index (κ3) is 3.76. The molecule has 28 heavy (non-hydrogen) atoms. The van der Waals surface area contributed by atoms with Crippen LogP contribution in [0.3, 0.4) is 0 Å². The molecule has 136 valence electrons. The van der Waals surface area contributed by atoms with Crippen LogP contribution in [0.5, 0.6) is 11.5 Å². The highest BCUT2D eigenvalue weighted by molar-refractivity contribution is 5.95. The van der Waals surface area contributed by atoms with Crippen LogP contribution in [0, 0.1) is 0 Å². The number of benzene rings is 4. The van der Waals surface area contributed by atoms with Crippen molar-refractivity contribution in [2.24, 2.45) is 0 Å². The summed E-state index contributed by atoms with van der Waals surface area (Å²) in [6.45, 7) is 0. The second-order valence-electron chi connectivity index (χ2n) is 6.16. The van der Waals surface area contributed by atoms with Gasteiger partial charge in [0, 0.05) is 0 Å². The van der Waals surface area contributed by atoms with Crippen molar-refractivity contribution in [3.63, 3.8) is 0 Å². The molecule has 0 radical (unpaired) electrons. The molecule has 0 aliphatic heterocycles. The van der Waals surface area contributed by atoms with E-state index in [0.717, 1.165) is 10.8 Å². The van der Waals surface area contributed by atoms with Gasteiger partial charge in [-0.1, -0.05) is 60.7 Å². The first-order valence-electron chi connectivity index (χ1n) is 8.78. The summed E-state index contributed by atoms with van der Waals surface area (Å²) in [5.41, 5.74) is 0.826. The monoisotopic (exact) mass is 368 g/mol. The van der Waals surface area contributed by atoms with E-state index in [2.05, 4.69) is 0 Å². The number of hydrogen-bond donors (Lipinski definition) is 0. The molecular formula is C24H16O4. The van der Waals surface area contributed by atoms with E-state index in [1.54, 1.807) is 60.7 Å². The van der Waals surface area contributed by atoms with E-state index in [-0.39, 0.29) is 11.5 Å². The summed E-state index contributed by atoms with van der Waals surface area (Å²) >= 11 is 0. The summed E-state index contributed by atoms with van der Waals surface area (Å²) in [6.07, 6.45) is 0. The van der Waals surface area contributed by atoms with Crippen LogP contribution >= 0.6 is 0 Å². The van der Waals surface area contributed by atoms with E-state index in [1.807, 2.05) is 36.4 Å². The van der Waals surface area contributed by atoms with Crippen LogP contribution in [0.15, 0.2) is 97.1 Å². The van der Waals surface area contributed by atoms with Crippen molar-refractivity contribution in [3.05, 3.63) is 108 Å². The van der Waals surface area contributed by atoms with Gasteiger partial charge in [0.1, 0.15) is 0 Å². The Kier molecular flexibility index (Phi) is 4.85. The Morgan fingerprint density at radius 2 is 0.857 bits per heavy atom. The molecule has 4 rings (SSSR count). The van der Waals surface area contributed by atoms with Crippen LogP contribution < -0.4 is 9.47 Å². The fourth-order valence-corrected chi connectivity index (χ4v) is 2.82. The van der Waals surface area contributed by atoms with Crippen LogP contribution in [0.2, 0.25) is 0 Å². The Balaban J connectivity index is 1.70. The molecule has 0 aliphatic carbocycles. The van der Waals surface area contributed by atoms with E-state index in [9.17, 15) is 9.59 Å². The molecule has 0 amide bonds. The molecule has 0 saturated carbocycles. The SMILES string of the molecule is O=C(Oc1cc2ccccc2cc1OC(=O)c1ccccc1)c1ccccc1. The Labute approximate surface area is 162 Å². The van der Waals surface area contributed by atoms with Crippen LogP contribution in [0.1, 0.15) is 20.7 Å². The number of ether oxygens (including phenoxy) is 2. The highest BCUT2D eigenvalue weighted by Gasteiger charge is 2.17. The van der Waals surface area contributed by atoms with Gasteiger partial charge in [0.2, 0.25) is 0 Å². The van der Waals surface area contributed by atoms with Gasteiger partial charge < -0.3 is 9.47 Å². The minimum atomic E-state index is -0.520. The van der Waals surface area contributed by atoms with Crippen molar-refractivity contribution in [1.29, 1.82) is 0 Å². The average molecular weight is 368 g/mol. The highest BCUT2D eigenvalue weighted by Crippen LogP contribution is 2.33. The van der Waals surface area contributed by atoms with Crippen molar-refractivity contribution < 1.29 is 19.1 Å². The maximum Gasteiger partial charge on any atom is 0.343 e. The Morgan fingerprint density at radius 1 is 0.500 bits per heavy atom. The zero-order valence-electron chi connectivity index (χ0n) is 14.9. The minimum Gasteiger partial charge on any atom is -0.419 e. The first kappa shape index (κ1) is 17.5. The number of fused-ring (bicyclic) bond motifs is 1. The number of rotatable bonds is 4. The highest BCUT2D eigenvalue weighted by atomic mass is 16.6. The molecule has 4 aromatic rings. The first-order valence-corrected chi connectivity index (χ1v) is 8.78. The van der Waals surface area contributed by atoms with Gasteiger partial charge >= 0.3 is 11.9 Å². The number of carbonyl (C=O) groups excluding carboxylic acids is 2. The molecular weight excluding hydrogens is 352 g/mol. The zero-order chi connectivity index (χ0) is 19.3. The Bertz CT molecular complexity index is 1040. The molecule has 0 aromatic heterocycles. The maximum atomic E-state index is 12.5. The van der Waals surface area contributed by atoms with E-state index in [0.29, 0.717) is 11.1 Å². The summed E-state index contributed by atoms with van der Waals surface area (Å²) in [4.78, 5) is 25.0.